The maximum atomic E-state index is 6.21. The second-order valence-electron chi connectivity index (χ2n) is 6.84. The van der Waals surface area contributed by atoms with Crippen LogP contribution in [0.15, 0.2) is 29.3 Å². The first kappa shape index (κ1) is 21.3. The van der Waals surface area contributed by atoms with Crippen LogP contribution in [0.2, 0.25) is 0 Å². The van der Waals surface area contributed by atoms with Gasteiger partial charge in [0.2, 0.25) is 0 Å². The van der Waals surface area contributed by atoms with Crippen LogP contribution in [0.25, 0.3) is 0 Å². The maximum Gasteiger partial charge on any atom is 0.191 e. The summed E-state index contributed by atoms with van der Waals surface area (Å²) in [4.78, 5) is 4.74. The lowest BCUT2D eigenvalue weighted by atomic mass is 10.2. The Kier molecular flexibility index (Phi) is 9.53. The van der Waals surface area contributed by atoms with Crippen molar-refractivity contribution in [3.05, 3.63) is 29.8 Å². The second-order valence-corrected chi connectivity index (χ2v) is 6.84. The van der Waals surface area contributed by atoms with Crippen LogP contribution in [0.3, 0.4) is 0 Å². The molecular weight excluding hydrogens is 441 g/mol. The minimum absolute atomic E-state index is 0. The largest absolute Gasteiger partial charge is 0.490 e. The number of ether oxygens (including phenoxy) is 2. The molecule has 1 aliphatic heterocycles. The van der Waals surface area contributed by atoms with Gasteiger partial charge in [-0.05, 0) is 51.5 Å². The summed E-state index contributed by atoms with van der Waals surface area (Å²) in [6.07, 6.45) is 7.87. The molecule has 1 atom stereocenters. The standard InChI is InChI=1S/C20H31N3O2.HI/c1-2-21-20(23-15-18-11-7-13-24-18)22-14-16-8-3-6-12-19(16)25-17-9-4-5-10-17;/h3,6,8,12,17-18H,2,4-5,7,9-11,13-15H2,1H3,(H2,21,22,23);1H. The number of hydrogen-bond acceptors (Lipinski definition) is 3. The Morgan fingerprint density at radius 1 is 1.15 bits per heavy atom. The van der Waals surface area contributed by atoms with E-state index in [1.807, 2.05) is 6.07 Å². The van der Waals surface area contributed by atoms with Crippen LogP contribution in [0, 0.1) is 0 Å². The van der Waals surface area contributed by atoms with E-state index < -0.39 is 0 Å². The van der Waals surface area contributed by atoms with Crippen molar-refractivity contribution >= 4 is 29.9 Å². The summed E-state index contributed by atoms with van der Waals surface area (Å²) in [7, 11) is 0. The van der Waals surface area contributed by atoms with E-state index in [1.54, 1.807) is 0 Å². The van der Waals surface area contributed by atoms with Crippen LogP contribution < -0.4 is 15.4 Å². The molecule has 1 aliphatic carbocycles. The molecule has 3 rings (SSSR count). The Morgan fingerprint density at radius 2 is 1.96 bits per heavy atom. The van der Waals surface area contributed by atoms with Crippen LogP contribution in [-0.2, 0) is 11.3 Å². The topological polar surface area (TPSA) is 54.9 Å². The first-order chi connectivity index (χ1) is 12.3. The molecule has 1 unspecified atom stereocenters. The highest BCUT2D eigenvalue weighted by Gasteiger charge is 2.18. The molecule has 2 N–H and O–H groups in total. The molecule has 1 saturated carbocycles. The van der Waals surface area contributed by atoms with Crippen molar-refractivity contribution in [2.45, 2.75) is 64.2 Å². The molecule has 0 spiro atoms. The summed E-state index contributed by atoms with van der Waals surface area (Å²) in [6, 6.07) is 8.27. The quantitative estimate of drug-likeness (QED) is 0.359. The number of hydrogen-bond donors (Lipinski definition) is 2. The minimum atomic E-state index is 0. The average molecular weight is 473 g/mol. The van der Waals surface area contributed by atoms with Crippen LogP contribution in [0.1, 0.15) is 51.0 Å². The number of benzene rings is 1. The third kappa shape index (κ3) is 6.61. The average Bonchev–Trinajstić information content (AvgIpc) is 3.32. The summed E-state index contributed by atoms with van der Waals surface area (Å²) in [5, 5.41) is 6.71. The van der Waals surface area contributed by atoms with Crippen molar-refractivity contribution in [2.75, 3.05) is 19.7 Å². The molecule has 1 aromatic carbocycles. The van der Waals surface area contributed by atoms with Crippen molar-refractivity contribution in [3.63, 3.8) is 0 Å². The van der Waals surface area contributed by atoms with Crippen molar-refractivity contribution in [2.24, 2.45) is 4.99 Å². The Hall–Kier alpha value is -1.02. The Labute approximate surface area is 174 Å². The highest BCUT2D eigenvalue weighted by molar-refractivity contribution is 14.0. The van der Waals surface area contributed by atoms with Gasteiger partial charge < -0.3 is 20.1 Å². The molecule has 0 radical (unpaired) electrons. The van der Waals surface area contributed by atoms with Crippen molar-refractivity contribution < 1.29 is 9.47 Å². The lowest BCUT2D eigenvalue weighted by Gasteiger charge is -2.17. The molecule has 1 heterocycles. The molecule has 1 aromatic rings. The predicted octanol–water partition coefficient (Wildman–Crippen LogP) is 3.86. The first-order valence-electron chi connectivity index (χ1n) is 9.73. The number of rotatable bonds is 7. The van der Waals surface area contributed by atoms with E-state index in [-0.39, 0.29) is 24.0 Å². The van der Waals surface area contributed by atoms with Crippen molar-refractivity contribution in [1.29, 1.82) is 0 Å². The molecule has 0 aromatic heterocycles. The van der Waals surface area contributed by atoms with Gasteiger partial charge in [0.05, 0.1) is 18.8 Å². The lowest BCUT2D eigenvalue weighted by Crippen LogP contribution is -2.41. The fourth-order valence-corrected chi connectivity index (χ4v) is 3.46. The molecule has 2 aliphatic rings. The van der Waals surface area contributed by atoms with E-state index in [0.29, 0.717) is 18.8 Å². The van der Waals surface area contributed by atoms with Gasteiger partial charge in [0.15, 0.2) is 5.96 Å². The normalized spacial score (nSPS) is 20.7. The van der Waals surface area contributed by atoms with E-state index in [9.17, 15) is 0 Å². The Bertz CT molecular complexity index is 556. The molecule has 6 heteroatoms. The number of aliphatic imine (C=N–C) groups is 1. The summed E-state index contributed by atoms with van der Waals surface area (Å²) < 4.78 is 11.9. The van der Waals surface area contributed by atoms with Gasteiger partial charge in [0, 0.05) is 25.3 Å². The van der Waals surface area contributed by atoms with Crippen molar-refractivity contribution in [3.8, 4) is 5.75 Å². The van der Waals surface area contributed by atoms with Gasteiger partial charge in [0.25, 0.3) is 0 Å². The van der Waals surface area contributed by atoms with Gasteiger partial charge in [-0.15, -0.1) is 24.0 Å². The fraction of sp³-hybridized carbons (Fsp3) is 0.650. The molecular formula is C20H32IN3O2. The number of para-hydroxylation sites is 1. The van der Waals surface area contributed by atoms with E-state index in [1.165, 1.54) is 25.7 Å². The number of guanidine groups is 1. The number of nitrogens with zero attached hydrogens (tertiary/aromatic N) is 1. The monoisotopic (exact) mass is 473 g/mol. The SMILES string of the molecule is CCNC(=NCc1ccccc1OC1CCCC1)NCC1CCCO1.I. The zero-order valence-electron chi connectivity index (χ0n) is 15.7. The smallest absolute Gasteiger partial charge is 0.191 e. The first-order valence-corrected chi connectivity index (χ1v) is 9.73. The fourth-order valence-electron chi connectivity index (χ4n) is 3.46. The third-order valence-corrected chi connectivity index (χ3v) is 4.84. The Balaban J connectivity index is 0.00000243. The van der Waals surface area contributed by atoms with Crippen molar-refractivity contribution in [1.82, 2.24) is 10.6 Å². The number of halogens is 1. The minimum Gasteiger partial charge on any atom is -0.490 e. The zero-order valence-corrected chi connectivity index (χ0v) is 18.0. The second kappa shape index (κ2) is 11.6. The van der Waals surface area contributed by atoms with E-state index >= 15 is 0 Å². The van der Waals surface area contributed by atoms with Gasteiger partial charge in [-0.3, -0.25) is 0 Å². The lowest BCUT2D eigenvalue weighted by molar-refractivity contribution is 0.114. The molecule has 2 fully saturated rings. The molecule has 146 valence electrons. The van der Waals surface area contributed by atoms with E-state index in [0.717, 1.165) is 49.8 Å². The van der Waals surface area contributed by atoms with Gasteiger partial charge in [-0.1, -0.05) is 18.2 Å². The van der Waals surface area contributed by atoms with Gasteiger partial charge in [-0.2, -0.15) is 0 Å². The maximum absolute atomic E-state index is 6.21. The summed E-state index contributed by atoms with van der Waals surface area (Å²) in [5.74, 6) is 1.82. The molecule has 1 saturated heterocycles. The van der Waals surface area contributed by atoms with Crippen LogP contribution in [-0.4, -0.2) is 37.9 Å². The third-order valence-electron chi connectivity index (χ3n) is 4.84. The highest BCUT2D eigenvalue weighted by Crippen LogP contribution is 2.27. The molecule has 0 amide bonds. The van der Waals surface area contributed by atoms with Crippen LogP contribution in [0.4, 0.5) is 0 Å². The van der Waals surface area contributed by atoms with Crippen LogP contribution in [0.5, 0.6) is 5.75 Å². The highest BCUT2D eigenvalue weighted by atomic mass is 127. The van der Waals surface area contributed by atoms with Crippen LogP contribution >= 0.6 is 24.0 Å². The van der Waals surface area contributed by atoms with Gasteiger partial charge in [0.1, 0.15) is 5.75 Å². The molecule has 26 heavy (non-hydrogen) atoms. The predicted molar refractivity (Wildman–Crippen MR) is 117 cm³/mol. The zero-order chi connectivity index (χ0) is 17.3. The summed E-state index contributed by atoms with van der Waals surface area (Å²) >= 11 is 0. The Morgan fingerprint density at radius 3 is 2.69 bits per heavy atom. The summed E-state index contributed by atoms with van der Waals surface area (Å²) in [5.41, 5.74) is 1.14. The van der Waals surface area contributed by atoms with E-state index in [2.05, 4.69) is 35.8 Å². The summed E-state index contributed by atoms with van der Waals surface area (Å²) in [6.45, 7) is 5.24. The molecule has 0 bridgehead atoms. The molecule has 5 nitrogen and oxygen atoms in total. The number of nitrogens with one attached hydrogen (secondary N) is 2. The van der Waals surface area contributed by atoms with Gasteiger partial charge >= 0.3 is 0 Å². The van der Waals surface area contributed by atoms with Gasteiger partial charge in [-0.25, -0.2) is 4.99 Å². The van der Waals surface area contributed by atoms with E-state index in [4.69, 9.17) is 14.5 Å².